The fourth-order valence-electron chi connectivity index (χ4n) is 3.95. The maximum Gasteiger partial charge on any atom is 0.136 e. The van der Waals surface area contributed by atoms with Crippen molar-refractivity contribution in [1.82, 2.24) is 15.2 Å². The lowest BCUT2D eigenvalue weighted by molar-refractivity contribution is 0.475. The lowest BCUT2D eigenvalue weighted by atomic mass is 9.85. The van der Waals surface area contributed by atoms with Crippen LogP contribution in [0.5, 0.6) is 5.75 Å². The maximum absolute atomic E-state index is 9.60. The second kappa shape index (κ2) is 5.56. The Bertz CT molecular complexity index is 1120. The van der Waals surface area contributed by atoms with E-state index < -0.39 is 0 Å². The number of aromatic amines is 1. The molecule has 2 heterocycles. The summed E-state index contributed by atoms with van der Waals surface area (Å²) in [6, 6.07) is 11.5. The van der Waals surface area contributed by atoms with Crippen LogP contribution in [0, 0.1) is 0 Å². The molecule has 2 N–H and O–H groups in total. The number of aryl methyl sites for hydroxylation is 1. The van der Waals surface area contributed by atoms with E-state index in [4.69, 9.17) is 4.98 Å². The van der Waals surface area contributed by atoms with E-state index in [-0.39, 0.29) is 5.75 Å². The van der Waals surface area contributed by atoms with Gasteiger partial charge in [0.05, 0.1) is 16.7 Å². The van der Waals surface area contributed by atoms with Crippen molar-refractivity contribution in [3.63, 3.8) is 0 Å². The Kier molecular flexibility index (Phi) is 3.31. The number of benzene rings is 2. The highest BCUT2D eigenvalue weighted by atomic mass is 79.9. The number of fused-ring (bicyclic) bond motifs is 5. The number of phenols is 1. The molecular formula is C20H16BrN3O. The van der Waals surface area contributed by atoms with Crippen LogP contribution >= 0.6 is 15.9 Å². The van der Waals surface area contributed by atoms with Crippen LogP contribution in [0.25, 0.3) is 33.1 Å². The summed E-state index contributed by atoms with van der Waals surface area (Å²) in [6.45, 7) is 0. The Morgan fingerprint density at radius 2 is 1.68 bits per heavy atom. The average molecular weight is 394 g/mol. The van der Waals surface area contributed by atoms with Gasteiger partial charge >= 0.3 is 0 Å². The molecule has 0 saturated heterocycles. The third kappa shape index (κ3) is 2.26. The summed E-state index contributed by atoms with van der Waals surface area (Å²) in [4.78, 5) is 5.02. The first-order valence-electron chi connectivity index (χ1n) is 8.50. The van der Waals surface area contributed by atoms with E-state index >= 15 is 0 Å². The largest absolute Gasteiger partial charge is 0.508 e. The molecule has 5 heteroatoms. The number of pyridine rings is 1. The molecule has 5 rings (SSSR count). The normalized spacial score (nSPS) is 14.1. The van der Waals surface area contributed by atoms with Crippen molar-refractivity contribution < 1.29 is 5.11 Å². The van der Waals surface area contributed by atoms with E-state index in [0.29, 0.717) is 0 Å². The van der Waals surface area contributed by atoms with Gasteiger partial charge in [-0.2, -0.15) is 5.10 Å². The van der Waals surface area contributed by atoms with Gasteiger partial charge in [0, 0.05) is 16.3 Å². The van der Waals surface area contributed by atoms with E-state index in [9.17, 15) is 5.11 Å². The summed E-state index contributed by atoms with van der Waals surface area (Å²) in [5, 5.41) is 19.4. The molecule has 0 fully saturated rings. The molecule has 4 nitrogen and oxygen atoms in total. The number of hydrogen-bond acceptors (Lipinski definition) is 3. The Labute approximate surface area is 153 Å². The smallest absolute Gasteiger partial charge is 0.136 e. The molecule has 4 aromatic rings. The summed E-state index contributed by atoms with van der Waals surface area (Å²) in [5.74, 6) is 0.280. The Morgan fingerprint density at radius 1 is 0.920 bits per heavy atom. The number of rotatable bonds is 1. The first kappa shape index (κ1) is 14.9. The van der Waals surface area contributed by atoms with Crippen molar-refractivity contribution in [2.75, 3.05) is 0 Å². The molecule has 2 aromatic carbocycles. The lowest BCUT2D eigenvalue weighted by Crippen LogP contribution is -2.07. The zero-order chi connectivity index (χ0) is 17.0. The molecule has 1 aliphatic carbocycles. The molecule has 0 bridgehead atoms. The number of halogens is 1. The Morgan fingerprint density at radius 3 is 2.48 bits per heavy atom. The van der Waals surface area contributed by atoms with Gasteiger partial charge in [0.25, 0.3) is 0 Å². The van der Waals surface area contributed by atoms with Gasteiger partial charge in [0.1, 0.15) is 10.4 Å². The zero-order valence-electron chi connectivity index (χ0n) is 13.5. The molecule has 0 radical (unpaired) electrons. The van der Waals surface area contributed by atoms with Crippen LogP contribution in [0.3, 0.4) is 0 Å². The van der Waals surface area contributed by atoms with Gasteiger partial charge in [-0.1, -0.05) is 0 Å². The highest BCUT2D eigenvalue weighted by molar-refractivity contribution is 9.10. The van der Waals surface area contributed by atoms with Gasteiger partial charge < -0.3 is 5.11 Å². The molecular weight excluding hydrogens is 378 g/mol. The predicted molar refractivity (Wildman–Crippen MR) is 103 cm³/mol. The quantitative estimate of drug-likeness (QED) is 0.471. The van der Waals surface area contributed by atoms with Crippen LogP contribution in [0.2, 0.25) is 0 Å². The lowest BCUT2D eigenvalue weighted by Gasteiger charge is -2.22. The number of aromatic hydroxyl groups is 1. The molecule has 0 atom stereocenters. The van der Waals surface area contributed by atoms with Crippen LogP contribution < -0.4 is 0 Å². The minimum atomic E-state index is 0.280. The predicted octanol–water partition coefficient (Wildman–Crippen LogP) is 5.13. The average Bonchev–Trinajstić information content (AvgIpc) is 3.03. The molecule has 2 aromatic heterocycles. The molecule has 25 heavy (non-hydrogen) atoms. The standard InChI is InChI=1S/C20H16BrN3O/c21-20-18-16(23-24-20)10-9-15-17(18)13-3-1-2-4-14(13)19(22-15)11-5-7-12(25)8-6-11/h5-10,25H,1-4H2,(H,23,24). The highest BCUT2D eigenvalue weighted by Gasteiger charge is 2.22. The molecule has 0 saturated carbocycles. The van der Waals surface area contributed by atoms with E-state index in [1.165, 1.54) is 29.4 Å². The molecule has 0 spiro atoms. The van der Waals surface area contributed by atoms with Gasteiger partial charge in [-0.25, -0.2) is 4.98 Å². The summed E-state index contributed by atoms with van der Waals surface area (Å²) in [5.41, 5.74) is 6.87. The molecule has 124 valence electrons. The molecule has 0 unspecified atom stereocenters. The van der Waals surface area contributed by atoms with Crippen molar-refractivity contribution in [3.05, 3.63) is 52.1 Å². The van der Waals surface area contributed by atoms with E-state index in [1.54, 1.807) is 12.1 Å². The van der Waals surface area contributed by atoms with Crippen LogP contribution in [0.4, 0.5) is 0 Å². The highest BCUT2D eigenvalue weighted by Crippen LogP contribution is 2.39. The van der Waals surface area contributed by atoms with Crippen molar-refractivity contribution in [3.8, 4) is 17.0 Å². The third-order valence-corrected chi connectivity index (χ3v) is 5.67. The number of aromatic nitrogens is 3. The number of nitrogens with one attached hydrogen (secondary N) is 1. The molecule has 0 amide bonds. The third-order valence-electron chi connectivity index (χ3n) is 5.09. The summed E-state index contributed by atoms with van der Waals surface area (Å²) < 4.78 is 0.847. The van der Waals surface area contributed by atoms with E-state index in [2.05, 4.69) is 32.2 Å². The number of H-pyrrole nitrogens is 1. The van der Waals surface area contributed by atoms with Gasteiger partial charge in [-0.15, -0.1) is 0 Å². The fourth-order valence-corrected chi connectivity index (χ4v) is 4.45. The van der Waals surface area contributed by atoms with Gasteiger partial charge in [-0.05, 0) is 89.1 Å². The fraction of sp³-hybridized carbons (Fsp3) is 0.200. The Hall–Kier alpha value is -2.40. The van der Waals surface area contributed by atoms with E-state index in [0.717, 1.165) is 45.1 Å². The van der Waals surface area contributed by atoms with Crippen molar-refractivity contribution in [1.29, 1.82) is 0 Å². The van der Waals surface area contributed by atoms with Crippen molar-refractivity contribution >= 4 is 37.7 Å². The first-order valence-corrected chi connectivity index (χ1v) is 9.29. The first-order chi connectivity index (χ1) is 12.2. The number of hydrogen-bond donors (Lipinski definition) is 2. The van der Waals surface area contributed by atoms with Gasteiger partial charge in [-0.3, -0.25) is 5.10 Å². The monoisotopic (exact) mass is 393 g/mol. The van der Waals surface area contributed by atoms with Crippen molar-refractivity contribution in [2.24, 2.45) is 0 Å². The Balaban J connectivity index is 1.90. The number of phenolic OH excluding ortho intramolecular Hbond substituents is 1. The maximum atomic E-state index is 9.60. The minimum absolute atomic E-state index is 0.280. The zero-order valence-corrected chi connectivity index (χ0v) is 15.1. The van der Waals surface area contributed by atoms with Crippen LogP contribution in [0.1, 0.15) is 24.0 Å². The molecule has 1 aliphatic rings. The molecule has 0 aliphatic heterocycles. The topological polar surface area (TPSA) is 61.8 Å². The second-order valence-electron chi connectivity index (χ2n) is 6.57. The summed E-state index contributed by atoms with van der Waals surface area (Å²) in [7, 11) is 0. The van der Waals surface area contributed by atoms with Gasteiger partial charge in [0.15, 0.2) is 0 Å². The minimum Gasteiger partial charge on any atom is -0.508 e. The van der Waals surface area contributed by atoms with E-state index in [1.807, 2.05) is 18.2 Å². The SMILES string of the molecule is Oc1ccc(-c2nc3ccc4[nH]nc(Br)c4c3c3c2CCCC3)cc1. The summed E-state index contributed by atoms with van der Waals surface area (Å²) >= 11 is 3.59. The van der Waals surface area contributed by atoms with Crippen molar-refractivity contribution in [2.45, 2.75) is 25.7 Å². The van der Waals surface area contributed by atoms with Crippen LogP contribution in [-0.2, 0) is 12.8 Å². The number of nitrogens with zero attached hydrogens (tertiary/aromatic N) is 2. The summed E-state index contributed by atoms with van der Waals surface area (Å²) in [6.07, 6.45) is 4.50. The van der Waals surface area contributed by atoms with Crippen LogP contribution in [0.15, 0.2) is 41.0 Å². The second-order valence-corrected chi connectivity index (χ2v) is 7.32. The van der Waals surface area contributed by atoms with Crippen LogP contribution in [-0.4, -0.2) is 20.3 Å². The van der Waals surface area contributed by atoms with Gasteiger partial charge in [0.2, 0.25) is 0 Å².